The molecule has 1 aromatic carbocycles. The molecular formula is C15H12Cl2FNO5S2. The van der Waals surface area contributed by atoms with E-state index in [9.17, 15) is 22.4 Å². The molecule has 1 aromatic heterocycles. The zero-order valence-electron chi connectivity index (χ0n) is 13.0. The van der Waals surface area contributed by atoms with Gasteiger partial charge in [0.25, 0.3) is 0 Å². The summed E-state index contributed by atoms with van der Waals surface area (Å²) >= 11 is 12.3. The normalized spacial score (nSPS) is 11.3. The second-order valence-corrected chi connectivity index (χ2v) is 8.80. The summed E-state index contributed by atoms with van der Waals surface area (Å²) in [5.41, 5.74) is 0. The number of benzene rings is 1. The number of nitrogens with one attached hydrogen (secondary N) is 1. The number of sulfonamides is 1. The van der Waals surface area contributed by atoms with Gasteiger partial charge in [0.15, 0.2) is 6.61 Å². The predicted octanol–water partition coefficient (Wildman–Crippen LogP) is 3.29. The third-order valence-electron chi connectivity index (χ3n) is 3.03. The van der Waals surface area contributed by atoms with Crippen LogP contribution in [0.2, 0.25) is 9.36 Å². The lowest BCUT2D eigenvalue weighted by Crippen LogP contribution is -2.27. The van der Waals surface area contributed by atoms with Crippen molar-refractivity contribution in [3.8, 4) is 0 Å². The number of halogens is 3. The summed E-state index contributed by atoms with van der Waals surface area (Å²) in [6, 6.07) is 6.01. The Morgan fingerprint density at radius 3 is 2.54 bits per heavy atom. The summed E-state index contributed by atoms with van der Waals surface area (Å²) in [5.74, 6) is -1.90. The quantitative estimate of drug-likeness (QED) is 0.503. The molecule has 11 heteroatoms. The monoisotopic (exact) mass is 439 g/mol. The average molecular weight is 440 g/mol. The molecule has 1 N–H and O–H groups in total. The van der Waals surface area contributed by atoms with E-state index in [1.165, 1.54) is 6.07 Å². The second kappa shape index (κ2) is 8.92. The molecule has 0 spiro atoms. The Morgan fingerprint density at radius 2 is 1.92 bits per heavy atom. The summed E-state index contributed by atoms with van der Waals surface area (Å²) in [7, 11) is -3.96. The van der Waals surface area contributed by atoms with Crippen molar-refractivity contribution in [3.05, 3.63) is 50.4 Å². The third-order valence-corrected chi connectivity index (χ3v) is 6.06. The summed E-state index contributed by atoms with van der Waals surface area (Å²) < 4.78 is 44.5. The Balaban J connectivity index is 1.80. The van der Waals surface area contributed by atoms with Crippen LogP contribution in [0.1, 0.15) is 16.1 Å². The number of esters is 1. The van der Waals surface area contributed by atoms with Gasteiger partial charge in [-0.25, -0.2) is 17.5 Å². The van der Waals surface area contributed by atoms with Gasteiger partial charge in [-0.2, -0.15) is 0 Å². The van der Waals surface area contributed by atoms with Crippen molar-refractivity contribution in [2.45, 2.75) is 11.3 Å². The smallest absolute Gasteiger partial charge is 0.307 e. The number of Topliss-reactive ketones (excluding diaryl/α,β-unsaturated/α-hetero) is 1. The van der Waals surface area contributed by atoms with Gasteiger partial charge in [-0.1, -0.05) is 23.2 Å². The Kier molecular flexibility index (Phi) is 7.13. The minimum absolute atomic E-state index is 0.234. The third kappa shape index (κ3) is 5.75. The molecule has 0 unspecified atom stereocenters. The fourth-order valence-corrected chi connectivity index (χ4v) is 4.04. The van der Waals surface area contributed by atoms with Crippen LogP contribution in [0.5, 0.6) is 0 Å². The molecule has 2 aromatic rings. The van der Waals surface area contributed by atoms with Gasteiger partial charge >= 0.3 is 5.97 Å². The first-order valence-electron chi connectivity index (χ1n) is 7.08. The Bertz CT molecular complexity index is 930. The van der Waals surface area contributed by atoms with E-state index in [2.05, 4.69) is 4.72 Å². The van der Waals surface area contributed by atoms with Gasteiger partial charge in [0, 0.05) is 6.54 Å². The maximum absolute atomic E-state index is 13.1. The van der Waals surface area contributed by atoms with Gasteiger partial charge < -0.3 is 4.74 Å². The number of rotatable bonds is 8. The van der Waals surface area contributed by atoms with Crippen molar-refractivity contribution >= 4 is 56.3 Å². The van der Waals surface area contributed by atoms with Crippen LogP contribution in [-0.2, 0) is 19.6 Å². The topological polar surface area (TPSA) is 89.5 Å². The first kappa shape index (κ1) is 20.8. The average Bonchev–Trinajstić information content (AvgIpc) is 3.01. The fraction of sp³-hybridized carbons (Fsp3) is 0.200. The number of hydrogen-bond donors (Lipinski definition) is 1. The molecule has 1 heterocycles. The van der Waals surface area contributed by atoms with Gasteiger partial charge in [-0.05, 0) is 30.3 Å². The predicted molar refractivity (Wildman–Crippen MR) is 95.8 cm³/mol. The molecule has 0 fully saturated rings. The van der Waals surface area contributed by atoms with Gasteiger partial charge in [-0.15, -0.1) is 11.3 Å². The lowest BCUT2D eigenvalue weighted by Gasteiger charge is -2.07. The van der Waals surface area contributed by atoms with Crippen molar-refractivity contribution < 1.29 is 27.1 Å². The molecule has 140 valence electrons. The lowest BCUT2D eigenvalue weighted by atomic mass is 10.3. The minimum atomic E-state index is -3.96. The SMILES string of the molecule is O=C(CCNS(=O)(=O)c1ccc(F)c(Cl)c1)OCC(=O)c1ccc(Cl)s1. The Hall–Kier alpha value is -1.52. The van der Waals surface area contributed by atoms with Crippen molar-refractivity contribution in [1.29, 1.82) is 0 Å². The van der Waals surface area contributed by atoms with E-state index in [0.717, 1.165) is 29.5 Å². The number of hydrogen-bond acceptors (Lipinski definition) is 6. The first-order chi connectivity index (χ1) is 12.2. The highest BCUT2D eigenvalue weighted by molar-refractivity contribution is 7.89. The zero-order chi connectivity index (χ0) is 19.3. The Morgan fingerprint density at radius 1 is 1.19 bits per heavy atom. The van der Waals surface area contributed by atoms with Crippen LogP contribution in [0.15, 0.2) is 35.2 Å². The summed E-state index contributed by atoms with van der Waals surface area (Å²) in [5, 5.41) is -0.334. The van der Waals surface area contributed by atoms with Crippen molar-refractivity contribution in [2.75, 3.05) is 13.2 Å². The maximum Gasteiger partial charge on any atom is 0.307 e. The van der Waals surface area contributed by atoms with Crippen LogP contribution in [0.4, 0.5) is 4.39 Å². The molecule has 0 aliphatic rings. The van der Waals surface area contributed by atoms with E-state index in [1.807, 2.05) is 0 Å². The molecule has 0 saturated heterocycles. The van der Waals surface area contributed by atoms with Crippen LogP contribution < -0.4 is 4.72 Å². The van der Waals surface area contributed by atoms with E-state index in [0.29, 0.717) is 9.21 Å². The molecule has 0 radical (unpaired) electrons. The molecule has 0 aliphatic carbocycles. The lowest BCUT2D eigenvalue weighted by molar-refractivity contribution is -0.142. The van der Waals surface area contributed by atoms with E-state index < -0.39 is 34.2 Å². The van der Waals surface area contributed by atoms with Crippen molar-refractivity contribution in [1.82, 2.24) is 4.72 Å². The molecule has 0 amide bonds. The van der Waals surface area contributed by atoms with Gasteiger partial charge in [0.1, 0.15) is 5.82 Å². The molecule has 0 atom stereocenters. The van der Waals surface area contributed by atoms with E-state index >= 15 is 0 Å². The molecule has 0 bridgehead atoms. The highest BCUT2D eigenvalue weighted by atomic mass is 35.5. The molecule has 0 aliphatic heterocycles. The minimum Gasteiger partial charge on any atom is -0.457 e. The summed E-state index contributed by atoms with van der Waals surface area (Å²) in [4.78, 5) is 23.5. The van der Waals surface area contributed by atoms with Crippen LogP contribution in [0.25, 0.3) is 0 Å². The molecular weight excluding hydrogens is 428 g/mol. The van der Waals surface area contributed by atoms with E-state index in [4.69, 9.17) is 27.9 Å². The van der Waals surface area contributed by atoms with Gasteiger partial charge in [0.05, 0.1) is 25.6 Å². The number of ether oxygens (including phenoxy) is 1. The highest BCUT2D eigenvalue weighted by Crippen LogP contribution is 2.22. The zero-order valence-corrected chi connectivity index (χ0v) is 16.1. The fourth-order valence-electron chi connectivity index (χ4n) is 1.77. The summed E-state index contributed by atoms with van der Waals surface area (Å²) in [6.07, 6.45) is -0.285. The maximum atomic E-state index is 13.1. The molecule has 0 saturated carbocycles. The number of thiophene rings is 1. The van der Waals surface area contributed by atoms with Crippen LogP contribution in [0.3, 0.4) is 0 Å². The first-order valence-corrected chi connectivity index (χ1v) is 10.1. The van der Waals surface area contributed by atoms with E-state index in [1.54, 1.807) is 6.07 Å². The van der Waals surface area contributed by atoms with Crippen LogP contribution >= 0.6 is 34.5 Å². The second-order valence-electron chi connectivity index (χ2n) is 4.91. The highest BCUT2D eigenvalue weighted by Gasteiger charge is 2.17. The molecule has 26 heavy (non-hydrogen) atoms. The van der Waals surface area contributed by atoms with Crippen LogP contribution in [-0.4, -0.2) is 33.3 Å². The Labute approximate surface area is 162 Å². The van der Waals surface area contributed by atoms with Crippen LogP contribution in [0, 0.1) is 5.82 Å². The number of carbonyl (C=O) groups excluding carboxylic acids is 2. The molecule has 2 rings (SSSR count). The van der Waals surface area contributed by atoms with Crippen molar-refractivity contribution in [2.24, 2.45) is 0 Å². The largest absolute Gasteiger partial charge is 0.457 e. The molecule has 6 nitrogen and oxygen atoms in total. The van der Waals surface area contributed by atoms with E-state index in [-0.39, 0.29) is 22.9 Å². The van der Waals surface area contributed by atoms with Crippen molar-refractivity contribution in [3.63, 3.8) is 0 Å². The van der Waals surface area contributed by atoms with Gasteiger partial charge in [-0.3, -0.25) is 9.59 Å². The number of carbonyl (C=O) groups is 2. The van der Waals surface area contributed by atoms with Gasteiger partial charge in [0.2, 0.25) is 15.8 Å². The standard InChI is InChI=1S/C15H12Cl2FNO5S2/c16-10-7-9(1-2-11(10)18)26(22,23)19-6-5-15(21)24-8-12(20)13-3-4-14(17)25-13/h1-4,7,19H,5-6,8H2. The number of ketones is 1. The summed E-state index contributed by atoms with van der Waals surface area (Å²) in [6.45, 7) is -0.717.